The van der Waals surface area contributed by atoms with Gasteiger partial charge in [0.2, 0.25) is 0 Å². The molecule has 0 atom stereocenters. The summed E-state index contributed by atoms with van der Waals surface area (Å²) in [6.07, 6.45) is 1.85. The number of halogens is 1. The van der Waals surface area contributed by atoms with Gasteiger partial charge in [-0.25, -0.2) is 4.39 Å². The molecule has 0 saturated carbocycles. The van der Waals surface area contributed by atoms with Gasteiger partial charge in [0, 0.05) is 5.56 Å². The molecule has 0 radical (unpaired) electrons. The fourth-order valence-corrected chi connectivity index (χ4v) is 1.48. The van der Waals surface area contributed by atoms with Gasteiger partial charge in [-0.15, -0.1) is 0 Å². The van der Waals surface area contributed by atoms with Crippen molar-refractivity contribution < 1.29 is 13.9 Å². The predicted molar refractivity (Wildman–Crippen MR) is 55.7 cm³/mol. The van der Waals surface area contributed by atoms with E-state index in [4.69, 9.17) is 4.74 Å². The SMILES string of the molecule is COc1cc(C(=O)CSC)ccc1F. The molecule has 0 N–H and O–H groups in total. The van der Waals surface area contributed by atoms with Crippen molar-refractivity contribution in [3.05, 3.63) is 29.6 Å². The fraction of sp³-hybridized carbons (Fsp3) is 0.300. The summed E-state index contributed by atoms with van der Waals surface area (Å²) in [4.78, 5) is 11.4. The minimum atomic E-state index is -0.451. The smallest absolute Gasteiger partial charge is 0.172 e. The molecule has 4 heteroatoms. The average molecular weight is 214 g/mol. The first-order valence-electron chi connectivity index (χ1n) is 4.04. The molecule has 0 fully saturated rings. The summed E-state index contributed by atoms with van der Waals surface area (Å²) in [7, 11) is 1.38. The van der Waals surface area contributed by atoms with E-state index in [0.29, 0.717) is 11.3 Å². The highest BCUT2D eigenvalue weighted by Crippen LogP contribution is 2.19. The number of carbonyl (C=O) groups is 1. The number of ether oxygens (including phenoxy) is 1. The van der Waals surface area contributed by atoms with Crippen molar-refractivity contribution in [1.29, 1.82) is 0 Å². The van der Waals surface area contributed by atoms with E-state index in [9.17, 15) is 9.18 Å². The minimum Gasteiger partial charge on any atom is -0.494 e. The number of rotatable bonds is 4. The zero-order valence-electron chi connectivity index (χ0n) is 8.04. The molecular weight excluding hydrogens is 203 g/mol. The zero-order chi connectivity index (χ0) is 10.6. The Morgan fingerprint density at radius 1 is 1.57 bits per heavy atom. The number of methoxy groups -OCH3 is 1. The molecule has 0 unspecified atom stereocenters. The van der Waals surface area contributed by atoms with Crippen LogP contribution in [-0.2, 0) is 0 Å². The van der Waals surface area contributed by atoms with Crippen molar-refractivity contribution in [1.82, 2.24) is 0 Å². The van der Waals surface area contributed by atoms with Crippen molar-refractivity contribution in [2.24, 2.45) is 0 Å². The summed E-state index contributed by atoms with van der Waals surface area (Å²) in [5.41, 5.74) is 0.484. The van der Waals surface area contributed by atoms with Crippen LogP contribution in [0.15, 0.2) is 18.2 Å². The summed E-state index contributed by atoms with van der Waals surface area (Å²) in [5, 5.41) is 0. The van der Waals surface area contributed by atoms with Gasteiger partial charge in [-0.1, -0.05) is 0 Å². The van der Waals surface area contributed by atoms with Crippen LogP contribution in [0.25, 0.3) is 0 Å². The van der Waals surface area contributed by atoms with E-state index < -0.39 is 5.82 Å². The minimum absolute atomic E-state index is 0.0178. The zero-order valence-corrected chi connectivity index (χ0v) is 8.86. The summed E-state index contributed by atoms with van der Waals surface area (Å²) in [6, 6.07) is 4.14. The maximum absolute atomic E-state index is 13.0. The molecule has 1 rings (SSSR count). The van der Waals surface area contributed by atoms with Crippen LogP contribution in [0.2, 0.25) is 0 Å². The fourth-order valence-electron chi connectivity index (χ4n) is 1.05. The Morgan fingerprint density at radius 2 is 2.29 bits per heavy atom. The molecule has 0 bridgehead atoms. The van der Waals surface area contributed by atoms with Gasteiger partial charge < -0.3 is 4.74 Å². The van der Waals surface area contributed by atoms with Crippen molar-refractivity contribution in [2.45, 2.75) is 0 Å². The largest absolute Gasteiger partial charge is 0.494 e. The van der Waals surface area contributed by atoms with Crippen LogP contribution in [0.4, 0.5) is 4.39 Å². The number of benzene rings is 1. The third kappa shape index (κ3) is 2.48. The lowest BCUT2D eigenvalue weighted by molar-refractivity contribution is 0.102. The van der Waals surface area contributed by atoms with Crippen LogP contribution >= 0.6 is 11.8 Å². The van der Waals surface area contributed by atoms with Crippen LogP contribution in [0.5, 0.6) is 5.75 Å². The van der Waals surface area contributed by atoms with E-state index in [1.165, 1.54) is 37.1 Å². The Kier molecular flexibility index (Phi) is 3.95. The number of hydrogen-bond donors (Lipinski definition) is 0. The quantitative estimate of drug-likeness (QED) is 0.720. The van der Waals surface area contributed by atoms with Gasteiger partial charge in [-0.2, -0.15) is 11.8 Å². The van der Waals surface area contributed by atoms with Gasteiger partial charge in [0.1, 0.15) is 0 Å². The van der Waals surface area contributed by atoms with Crippen molar-refractivity contribution in [2.75, 3.05) is 19.1 Å². The number of Topliss-reactive ketones (excluding diaryl/α,β-unsaturated/α-hetero) is 1. The molecule has 2 nitrogen and oxygen atoms in total. The Labute approximate surface area is 86.5 Å². The van der Waals surface area contributed by atoms with E-state index in [1.807, 2.05) is 6.26 Å². The van der Waals surface area contributed by atoms with E-state index >= 15 is 0 Å². The first-order chi connectivity index (χ1) is 6.69. The normalized spacial score (nSPS) is 9.93. The number of carbonyl (C=O) groups excluding carboxylic acids is 1. The van der Waals surface area contributed by atoms with Crippen molar-refractivity contribution in [3.8, 4) is 5.75 Å². The lowest BCUT2D eigenvalue weighted by atomic mass is 10.1. The third-order valence-corrected chi connectivity index (χ3v) is 2.30. The lowest BCUT2D eigenvalue weighted by Gasteiger charge is -2.04. The average Bonchev–Trinajstić information content (AvgIpc) is 2.19. The number of hydrogen-bond acceptors (Lipinski definition) is 3. The highest BCUT2D eigenvalue weighted by molar-refractivity contribution is 7.99. The molecule has 1 aromatic rings. The molecule has 76 valence electrons. The Hall–Kier alpha value is -1.03. The molecule has 0 spiro atoms. The molecule has 0 aliphatic rings. The van der Waals surface area contributed by atoms with E-state index in [-0.39, 0.29) is 11.5 Å². The Morgan fingerprint density at radius 3 is 2.86 bits per heavy atom. The van der Waals surface area contributed by atoms with Crippen molar-refractivity contribution >= 4 is 17.5 Å². The van der Waals surface area contributed by atoms with Gasteiger partial charge in [0.25, 0.3) is 0 Å². The van der Waals surface area contributed by atoms with Gasteiger partial charge in [-0.3, -0.25) is 4.79 Å². The predicted octanol–water partition coefficient (Wildman–Crippen LogP) is 2.38. The summed E-state index contributed by atoms with van der Waals surface area (Å²) in [6.45, 7) is 0. The van der Waals surface area contributed by atoms with Crippen LogP contribution in [0, 0.1) is 5.82 Å². The van der Waals surface area contributed by atoms with Crippen LogP contribution in [0.1, 0.15) is 10.4 Å². The van der Waals surface area contributed by atoms with Crippen molar-refractivity contribution in [3.63, 3.8) is 0 Å². The number of thioether (sulfide) groups is 1. The first-order valence-corrected chi connectivity index (χ1v) is 5.44. The molecule has 0 aromatic heterocycles. The molecular formula is C10H11FO2S. The second kappa shape index (κ2) is 5.00. The lowest BCUT2D eigenvalue weighted by Crippen LogP contribution is -2.02. The number of ketones is 1. The Bertz CT molecular complexity index is 339. The molecule has 0 aliphatic carbocycles. The van der Waals surface area contributed by atoms with Crippen LogP contribution in [0.3, 0.4) is 0 Å². The molecule has 0 amide bonds. The molecule has 0 aliphatic heterocycles. The highest BCUT2D eigenvalue weighted by Gasteiger charge is 2.09. The maximum Gasteiger partial charge on any atom is 0.172 e. The summed E-state index contributed by atoms with van der Waals surface area (Å²) < 4.78 is 17.8. The van der Waals surface area contributed by atoms with Gasteiger partial charge in [0.05, 0.1) is 12.9 Å². The molecule has 0 saturated heterocycles. The van der Waals surface area contributed by atoms with Crippen LogP contribution < -0.4 is 4.74 Å². The molecule has 1 aromatic carbocycles. The second-order valence-corrected chi connectivity index (χ2v) is 3.57. The second-order valence-electron chi connectivity index (χ2n) is 2.71. The third-order valence-electron chi connectivity index (χ3n) is 1.75. The first kappa shape index (κ1) is 11.0. The standard InChI is InChI=1S/C10H11FO2S/c1-13-10-5-7(3-4-8(10)11)9(12)6-14-2/h3-5H,6H2,1-2H3. The molecule has 14 heavy (non-hydrogen) atoms. The van der Waals surface area contributed by atoms with Gasteiger partial charge >= 0.3 is 0 Å². The van der Waals surface area contributed by atoms with Gasteiger partial charge in [-0.05, 0) is 24.5 Å². The summed E-state index contributed by atoms with van der Waals surface area (Å²) in [5.74, 6) is 0.0374. The molecule has 0 heterocycles. The highest BCUT2D eigenvalue weighted by atomic mass is 32.2. The monoisotopic (exact) mass is 214 g/mol. The van der Waals surface area contributed by atoms with Crippen LogP contribution in [-0.4, -0.2) is 24.9 Å². The Balaban J connectivity index is 2.94. The maximum atomic E-state index is 13.0. The topological polar surface area (TPSA) is 26.3 Å². The van der Waals surface area contributed by atoms with E-state index in [0.717, 1.165) is 0 Å². The van der Waals surface area contributed by atoms with E-state index in [1.54, 1.807) is 0 Å². The van der Waals surface area contributed by atoms with Gasteiger partial charge in [0.15, 0.2) is 17.3 Å². The summed E-state index contributed by atoms with van der Waals surface area (Å²) >= 11 is 1.44. The van der Waals surface area contributed by atoms with E-state index in [2.05, 4.69) is 0 Å².